The minimum atomic E-state index is -0.964. The number of carbonyl (C=O) groups excluding carboxylic acids is 1. The molecule has 0 spiro atoms. The number of rotatable bonds is 5. The van der Waals surface area contributed by atoms with E-state index in [4.69, 9.17) is 16.3 Å². The lowest BCUT2D eigenvalue weighted by molar-refractivity contribution is -0.100. The number of halogens is 1. The molecule has 30 heavy (non-hydrogen) atoms. The fourth-order valence-electron chi connectivity index (χ4n) is 4.52. The number of ether oxygens (including phenoxy) is 1. The first-order valence-electron chi connectivity index (χ1n) is 10.3. The quantitative estimate of drug-likeness (QED) is 0.780. The third-order valence-corrected chi connectivity index (χ3v) is 5.98. The van der Waals surface area contributed by atoms with Gasteiger partial charge in [0.15, 0.2) is 0 Å². The Bertz CT molecular complexity index is 888. The van der Waals surface area contributed by atoms with Crippen LogP contribution in [-0.4, -0.2) is 57.3 Å². The van der Waals surface area contributed by atoms with E-state index in [1.807, 2.05) is 35.2 Å². The molecule has 3 heterocycles. The van der Waals surface area contributed by atoms with Crippen molar-refractivity contribution < 1.29 is 14.6 Å². The highest BCUT2D eigenvalue weighted by atomic mass is 35.5. The molecule has 4 rings (SSSR count). The van der Waals surface area contributed by atoms with Crippen LogP contribution in [0.25, 0.3) is 0 Å². The first-order chi connectivity index (χ1) is 14.3. The summed E-state index contributed by atoms with van der Waals surface area (Å²) < 4.78 is 6.08. The van der Waals surface area contributed by atoms with Crippen molar-refractivity contribution in [3.63, 3.8) is 0 Å². The minimum Gasteiger partial charge on any atom is -0.438 e. The van der Waals surface area contributed by atoms with Crippen LogP contribution in [0.5, 0.6) is 0 Å². The van der Waals surface area contributed by atoms with Gasteiger partial charge in [-0.05, 0) is 25.8 Å². The van der Waals surface area contributed by atoms with Gasteiger partial charge in [0.25, 0.3) is 0 Å². The largest absolute Gasteiger partial charge is 0.438 e. The topological polar surface area (TPSA) is 78.8 Å². The van der Waals surface area contributed by atoms with Crippen LogP contribution in [0, 0.1) is 0 Å². The van der Waals surface area contributed by atoms with E-state index in [0.29, 0.717) is 36.9 Å². The molecule has 0 radical (unpaired) electrons. The maximum Gasteiger partial charge on any atom is 0.410 e. The summed E-state index contributed by atoms with van der Waals surface area (Å²) in [5.74, 6) is 0.618. The molecule has 160 valence electrons. The van der Waals surface area contributed by atoms with Crippen LogP contribution >= 0.6 is 11.6 Å². The molecule has 1 amide bonds. The SMILES string of the molecule is CC(C)(O)C[C@]1(c2ccccc2)CCN([C@H]2CCN(c3ncc(Cl)cn3)C2)C(=O)O1. The van der Waals surface area contributed by atoms with Crippen LogP contribution in [-0.2, 0) is 10.3 Å². The van der Waals surface area contributed by atoms with Gasteiger partial charge in [0, 0.05) is 32.5 Å². The van der Waals surface area contributed by atoms with Crippen molar-refractivity contribution in [3.8, 4) is 0 Å². The second kappa shape index (κ2) is 8.04. The fraction of sp³-hybridized carbons (Fsp3) is 0.500. The van der Waals surface area contributed by atoms with E-state index < -0.39 is 11.2 Å². The number of benzene rings is 1. The number of hydrogen-bond donors (Lipinski definition) is 1. The number of carbonyl (C=O) groups is 1. The van der Waals surface area contributed by atoms with Crippen LogP contribution in [0.3, 0.4) is 0 Å². The highest BCUT2D eigenvalue weighted by molar-refractivity contribution is 6.30. The molecule has 1 aromatic heterocycles. The molecule has 2 aliphatic heterocycles. The van der Waals surface area contributed by atoms with Crippen molar-refractivity contribution in [3.05, 3.63) is 53.3 Å². The molecule has 8 heteroatoms. The van der Waals surface area contributed by atoms with E-state index in [9.17, 15) is 9.90 Å². The van der Waals surface area contributed by atoms with Crippen LogP contribution in [0.2, 0.25) is 5.02 Å². The van der Waals surface area contributed by atoms with E-state index in [0.717, 1.165) is 18.5 Å². The lowest BCUT2D eigenvalue weighted by Crippen LogP contribution is -2.54. The average Bonchev–Trinajstić information content (AvgIpc) is 3.18. The molecule has 2 atom stereocenters. The normalized spacial score (nSPS) is 24.8. The van der Waals surface area contributed by atoms with Gasteiger partial charge in [0.05, 0.1) is 29.1 Å². The van der Waals surface area contributed by atoms with Crippen LogP contribution in [0.15, 0.2) is 42.7 Å². The Morgan fingerprint density at radius 2 is 1.93 bits per heavy atom. The second-order valence-corrected chi connectivity index (χ2v) is 9.19. The Balaban J connectivity index is 1.49. The summed E-state index contributed by atoms with van der Waals surface area (Å²) >= 11 is 5.88. The van der Waals surface area contributed by atoms with E-state index in [1.165, 1.54) is 0 Å². The zero-order valence-corrected chi connectivity index (χ0v) is 18.0. The molecule has 0 bridgehead atoms. The number of nitrogens with zero attached hydrogens (tertiary/aromatic N) is 4. The van der Waals surface area contributed by atoms with Crippen molar-refractivity contribution in [2.45, 2.75) is 50.4 Å². The van der Waals surface area contributed by atoms with Gasteiger partial charge in [-0.25, -0.2) is 14.8 Å². The van der Waals surface area contributed by atoms with Crippen LogP contribution < -0.4 is 4.90 Å². The van der Waals surface area contributed by atoms with Gasteiger partial charge in [-0.15, -0.1) is 0 Å². The highest BCUT2D eigenvalue weighted by Crippen LogP contribution is 2.41. The molecule has 0 saturated carbocycles. The zero-order valence-electron chi connectivity index (χ0n) is 17.3. The molecule has 1 N–H and O–H groups in total. The first-order valence-corrected chi connectivity index (χ1v) is 10.6. The second-order valence-electron chi connectivity index (χ2n) is 8.75. The van der Waals surface area contributed by atoms with Gasteiger partial charge in [-0.1, -0.05) is 41.9 Å². The van der Waals surface area contributed by atoms with E-state index >= 15 is 0 Å². The van der Waals surface area contributed by atoms with E-state index in [-0.39, 0.29) is 12.1 Å². The highest BCUT2D eigenvalue weighted by Gasteiger charge is 2.47. The number of amides is 1. The summed E-state index contributed by atoms with van der Waals surface area (Å²) in [5, 5.41) is 11.0. The fourth-order valence-corrected chi connectivity index (χ4v) is 4.62. The Labute approximate surface area is 181 Å². The summed E-state index contributed by atoms with van der Waals surface area (Å²) in [6.07, 6.45) is 4.62. The Kier molecular flexibility index (Phi) is 5.59. The minimum absolute atomic E-state index is 0.0349. The summed E-state index contributed by atoms with van der Waals surface area (Å²) in [5.41, 5.74) is -0.873. The zero-order chi connectivity index (χ0) is 21.4. The van der Waals surface area contributed by atoms with Crippen molar-refractivity contribution in [1.29, 1.82) is 0 Å². The van der Waals surface area contributed by atoms with Gasteiger partial charge in [-0.3, -0.25) is 0 Å². The van der Waals surface area contributed by atoms with E-state index in [1.54, 1.807) is 26.2 Å². The maximum atomic E-state index is 13.1. The number of cyclic esters (lactones) is 1. The molecule has 0 unspecified atom stereocenters. The maximum absolute atomic E-state index is 13.1. The van der Waals surface area contributed by atoms with Gasteiger partial charge in [0.1, 0.15) is 5.60 Å². The predicted molar refractivity (Wildman–Crippen MR) is 114 cm³/mol. The monoisotopic (exact) mass is 430 g/mol. The molecule has 2 aliphatic rings. The van der Waals surface area contributed by atoms with Gasteiger partial charge in [0.2, 0.25) is 5.95 Å². The Morgan fingerprint density at radius 3 is 2.57 bits per heavy atom. The molecular weight excluding hydrogens is 404 g/mol. The third-order valence-electron chi connectivity index (χ3n) is 5.79. The predicted octanol–water partition coefficient (Wildman–Crippen LogP) is 3.61. The molecule has 2 fully saturated rings. The molecular formula is C22H27ClN4O3. The number of anilines is 1. The van der Waals surface area contributed by atoms with Crippen molar-refractivity contribution in [1.82, 2.24) is 14.9 Å². The lowest BCUT2D eigenvalue weighted by atomic mass is 9.80. The summed E-state index contributed by atoms with van der Waals surface area (Å²) in [6, 6.07) is 9.76. The first kappa shape index (κ1) is 20.9. The summed E-state index contributed by atoms with van der Waals surface area (Å²) in [4.78, 5) is 25.5. The molecule has 7 nitrogen and oxygen atoms in total. The summed E-state index contributed by atoms with van der Waals surface area (Å²) in [7, 11) is 0. The van der Waals surface area contributed by atoms with Crippen molar-refractivity contribution in [2.24, 2.45) is 0 Å². The van der Waals surface area contributed by atoms with Crippen molar-refractivity contribution >= 4 is 23.6 Å². The molecule has 1 aromatic carbocycles. The van der Waals surface area contributed by atoms with Gasteiger partial charge < -0.3 is 19.6 Å². The third kappa shape index (κ3) is 4.37. The molecule has 0 aliphatic carbocycles. The van der Waals surface area contributed by atoms with Gasteiger partial charge in [-0.2, -0.15) is 0 Å². The summed E-state index contributed by atoms with van der Waals surface area (Å²) in [6.45, 7) is 5.49. The number of aliphatic hydroxyl groups is 1. The smallest absolute Gasteiger partial charge is 0.410 e. The lowest BCUT2D eigenvalue weighted by Gasteiger charge is -2.45. The van der Waals surface area contributed by atoms with Gasteiger partial charge >= 0.3 is 6.09 Å². The van der Waals surface area contributed by atoms with Crippen LogP contribution in [0.4, 0.5) is 10.7 Å². The number of aromatic nitrogens is 2. The standard InChI is InChI=1S/C22H27ClN4O3/c1-21(2,29)15-22(16-6-4-3-5-7-16)9-11-27(20(28)30-22)18-8-10-26(14-18)19-24-12-17(23)13-25-19/h3-7,12-13,18,29H,8-11,14-15H2,1-2H3/t18-,22-/m0/s1. The Morgan fingerprint density at radius 1 is 1.23 bits per heavy atom. The van der Waals surface area contributed by atoms with Crippen molar-refractivity contribution in [2.75, 3.05) is 24.5 Å². The van der Waals surface area contributed by atoms with E-state index in [2.05, 4.69) is 14.9 Å². The van der Waals surface area contributed by atoms with Crippen LogP contribution in [0.1, 0.15) is 38.7 Å². The molecule has 2 saturated heterocycles. The molecule has 2 aromatic rings. The average molecular weight is 431 g/mol. The number of hydrogen-bond acceptors (Lipinski definition) is 6. The Hall–Kier alpha value is -2.38.